The fraction of sp³-hybridized carbons (Fsp3) is 0.125. The summed E-state index contributed by atoms with van der Waals surface area (Å²) in [6.45, 7) is -0.571. The number of esters is 1. The average Bonchev–Trinajstić information content (AvgIpc) is 2.82. The topological polar surface area (TPSA) is 99.4 Å². The number of anilines is 1. The lowest BCUT2D eigenvalue weighted by molar-refractivity contribution is -0.163. The Kier molecular flexibility index (Phi) is 7.44. The number of ether oxygens (including phenoxy) is 1. The number of benzene rings is 3. The highest BCUT2D eigenvalue weighted by Gasteiger charge is 2.41. The van der Waals surface area contributed by atoms with Crippen LogP contribution in [0.4, 0.5) is 5.69 Å². The van der Waals surface area contributed by atoms with Crippen molar-refractivity contribution in [3.8, 4) is 6.07 Å². The van der Waals surface area contributed by atoms with Gasteiger partial charge in [0.15, 0.2) is 6.61 Å². The second kappa shape index (κ2) is 10.4. The summed E-state index contributed by atoms with van der Waals surface area (Å²) in [6.07, 6.45) is 0. The first-order valence-corrected chi connectivity index (χ1v) is 10.4. The predicted octanol–water partition coefficient (Wildman–Crippen LogP) is 3.72. The van der Waals surface area contributed by atoms with Crippen molar-refractivity contribution in [2.75, 3.05) is 17.7 Å². The maximum Gasteiger partial charge on any atom is 0.348 e. The number of nitrogens with one attached hydrogen (secondary N) is 1. The molecule has 31 heavy (non-hydrogen) atoms. The number of para-hydroxylation sites is 1. The van der Waals surface area contributed by atoms with Gasteiger partial charge in [0.05, 0.1) is 17.5 Å². The van der Waals surface area contributed by atoms with E-state index in [1.165, 1.54) is 11.8 Å². The minimum Gasteiger partial charge on any atom is -0.453 e. The van der Waals surface area contributed by atoms with Crippen molar-refractivity contribution in [1.82, 2.24) is 0 Å². The number of thioether (sulfide) groups is 1. The summed E-state index contributed by atoms with van der Waals surface area (Å²) in [5.41, 5.74) is -0.858. The van der Waals surface area contributed by atoms with Gasteiger partial charge in [0.2, 0.25) is 5.60 Å². The van der Waals surface area contributed by atoms with E-state index in [1.54, 1.807) is 84.9 Å². The first-order valence-electron chi connectivity index (χ1n) is 9.45. The van der Waals surface area contributed by atoms with Crippen molar-refractivity contribution >= 4 is 29.3 Å². The maximum absolute atomic E-state index is 12.9. The number of nitriles is 1. The van der Waals surface area contributed by atoms with E-state index >= 15 is 0 Å². The van der Waals surface area contributed by atoms with E-state index in [9.17, 15) is 14.7 Å². The molecular weight excluding hydrogens is 412 g/mol. The molecule has 0 aromatic heterocycles. The molecular formula is C24H20N2O4S. The Morgan fingerprint density at radius 2 is 1.48 bits per heavy atom. The van der Waals surface area contributed by atoms with Gasteiger partial charge in [0, 0.05) is 4.90 Å². The molecule has 6 nitrogen and oxygen atoms in total. The SMILES string of the molecule is N#CCSc1ccccc1NC(=O)COC(=O)C(O)(c1ccccc1)c1ccccc1. The van der Waals surface area contributed by atoms with Gasteiger partial charge < -0.3 is 15.2 Å². The Balaban J connectivity index is 1.74. The Morgan fingerprint density at radius 1 is 0.935 bits per heavy atom. The van der Waals surface area contributed by atoms with Crippen LogP contribution in [0.15, 0.2) is 89.8 Å². The molecule has 0 atom stereocenters. The molecule has 7 heteroatoms. The quantitative estimate of drug-likeness (QED) is 0.416. The zero-order valence-corrected chi connectivity index (χ0v) is 17.3. The third kappa shape index (κ3) is 5.31. The lowest BCUT2D eigenvalue weighted by Gasteiger charge is -2.27. The van der Waals surface area contributed by atoms with Crippen molar-refractivity contribution < 1.29 is 19.4 Å². The molecule has 3 aromatic rings. The van der Waals surface area contributed by atoms with Crippen molar-refractivity contribution in [2.24, 2.45) is 0 Å². The first kappa shape index (κ1) is 22.1. The summed E-state index contributed by atoms with van der Waals surface area (Å²) in [4.78, 5) is 26.1. The minimum atomic E-state index is -2.05. The summed E-state index contributed by atoms with van der Waals surface area (Å²) in [6, 6.07) is 25.9. The maximum atomic E-state index is 12.9. The van der Waals surface area contributed by atoms with E-state index in [1.807, 2.05) is 6.07 Å². The number of aliphatic hydroxyl groups is 1. The van der Waals surface area contributed by atoms with Crippen LogP contribution in [0, 0.1) is 11.3 Å². The molecule has 2 N–H and O–H groups in total. The van der Waals surface area contributed by atoms with E-state index < -0.39 is 24.1 Å². The molecule has 0 unspecified atom stereocenters. The summed E-state index contributed by atoms with van der Waals surface area (Å²) >= 11 is 1.29. The van der Waals surface area contributed by atoms with Crippen LogP contribution in [0.2, 0.25) is 0 Å². The first-order chi connectivity index (χ1) is 15.1. The van der Waals surface area contributed by atoms with Crippen LogP contribution in [-0.4, -0.2) is 29.3 Å². The molecule has 0 radical (unpaired) electrons. The third-order valence-electron chi connectivity index (χ3n) is 4.47. The van der Waals surface area contributed by atoms with Gasteiger partial charge in [0.1, 0.15) is 0 Å². The third-order valence-corrected chi connectivity index (χ3v) is 5.41. The van der Waals surface area contributed by atoms with Crippen molar-refractivity contribution in [3.05, 3.63) is 96.1 Å². The smallest absolute Gasteiger partial charge is 0.348 e. The predicted molar refractivity (Wildman–Crippen MR) is 118 cm³/mol. The summed E-state index contributed by atoms with van der Waals surface area (Å²) in [5, 5.41) is 22.8. The second-order valence-electron chi connectivity index (χ2n) is 6.51. The van der Waals surface area contributed by atoms with E-state index in [4.69, 9.17) is 10.00 Å². The number of carbonyl (C=O) groups is 2. The Labute approximate surface area is 184 Å². The van der Waals surface area contributed by atoms with Crippen LogP contribution in [0.3, 0.4) is 0 Å². The van der Waals surface area contributed by atoms with E-state index in [2.05, 4.69) is 5.32 Å². The lowest BCUT2D eigenvalue weighted by Crippen LogP contribution is -2.39. The van der Waals surface area contributed by atoms with E-state index in [0.29, 0.717) is 16.8 Å². The largest absolute Gasteiger partial charge is 0.453 e. The molecule has 0 saturated carbocycles. The van der Waals surface area contributed by atoms with Gasteiger partial charge in [-0.3, -0.25) is 4.79 Å². The molecule has 1 amide bonds. The Morgan fingerprint density at radius 3 is 2.06 bits per heavy atom. The number of rotatable bonds is 8. The summed E-state index contributed by atoms with van der Waals surface area (Å²) in [7, 11) is 0. The van der Waals surface area contributed by atoms with Crippen LogP contribution in [-0.2, 0) is 19.9 Å². The zero-order valence-electron chi connectivity index (χ0n) is 16.5. The molecule has 156 valence electrons. The second-order valence-corrected chi connectivity index (χ2v) is 7.53. The molecule has 0 fully saturated rings. The average molecular weight is 433 g/mol. The monoisotopic (exact) mass is 432 g/mol. The number of amides is 1. The molecule has 0 aliphatic heterocycles. The summed E-state index contributed by atoms with van der Waals surface area (Å²) < 4.78 is 5.21. The summed E-state index contributed by atoms with van der Waals surface area (Å²) in [5.74, 6) is -1.27. The normalized spacial score (nSPS) is 10.7. The molecule has 0 spiro atoms. The van der Waals surface area contributed by atoms with Crippen molar-refractivity contribution in [1.29, 1.82) is 5.26 Å². The zero-order chi connectivity index (χ0) is 22.1. The highest BCUT2D eigenvalue weighted by atomic mass is 32.2. The van der Waals surface area contributed by atoms with Crippen molar-refractivity contribution in [3.63, 3.8) is 0 Å². The standard InChI is InChI=1S/C24H20N2O4S/c25-15-16-31-21-14-8-7-13-20(21)26-22(27)17-30-23(28)24(29,18-9-3-1-4-10-18)19-11-5-2-6-12-19/h1-14,29H,16-17H2,(H,26,27). The lowest BCUT2D eigenvalue weighted by atomic mass is 9.86. The fourth-order valence-corrected chi connectivity index (χ4v) is 3.66. The molecule has 0 aliphatic rings. The van der Waals surface area contributed by atoms with Crippen molar-refractivity contribution in [2.45, 2.75) is 10.5 Å². The minimum absolute atomic E-state index is 0.239. The highest BCUT2D eigenvalue weighted by Crippen LogP contribution is 2.31. The van der Waals surface area contributed by atoms with Crippen LogP contribution >= 0.6 is 11.8 Å². The van der Waals surface area contributed by atoms with Crippen LogP contribution < -0.4 is 5.32 Å². The van der Waals surface area contributed by atoms with Gasteiger partial charge in [-0.25, -0.2) is 4.79 Å². The van der Waals surface area contributed by atoms with Crippen LogP contribution in [0.25, 0.3) is 0 Å². The van der Waals surface area contributed by atoms with Gasteiger partial charge >= 0.3 is 5.97 Å². The highest BCUT2D eigenvalue weighted by molar-refractivity contribution is 7.99. The van der Waals surface area contributed by atoms with Gasteiger partial charge in [0.25, 0.3) is 5.91 Å². The molecule has 0 saturated heterocycles. The van der Waals surface area contributed by atoms with Crippen LogP contribution in [0.1, 0.15) is 11.1 Å². The number of carbonyl (C=O) groups excluding carboxylic acids is 2. The van der Waals surface area contributed by atoms with Gasteiger partial charge in [-0.2, -0.15) is 5.26 Å². The van der Waals surface area contributed by atoms with Crippen LogP contribution in [0.5, 0.6) is 0 Å². The number of hydrogen-bond acceptors (Lipinski definition) is 6. The van der Waals surface area contributed by atoms with Gasteiger partial charge in [-0.15, -0.1) is 11.8 Å². The van der Waals surface area contributed by atoms with Gasteiger partial charge in [-0.1, -0.05) is 72.8 Å². The fourth-order valence-electron chi connectivity index (χ4n) is 2.99. The number of hydrogen-bond donors (Lipinski definition) is 2. The van der Waals surface area contributed by atoms with Gasteiger partial charge in [-0.05, 0) is 23.3 Å². The van der Waals surface area contributed by atoms with E-state index in [0.717, 1.165) is 4.90 Å². The molecule has 0 heterocycles. The molecule has 0 aliphatic carbocycles. The molecule has 0 bridgehead atoms. The molecule has 3 aromatic carbocycles. The Hall–Kier alpha value is -3.60. The number of nitrogens with zero attached hydrogens (tertiary/aromatic N) is 1. The van der Waals surface area contributed by atoms with E-state index in [-0.39, 0.29) is 5.75 Å². The molecule has 3 rings (SSSR count). The Bertz CT molecular complexity index is 1040.